The summed E-state index contributed by atoms with van der Waals surface area (Å²) in [5.74, 6) is 0.395. The third kappa shape index (κ3) is 3.83. The van der Waals surface area contributed by atoms with Crippen LogP contribution in [0.4, 0.5) is 11.4 Å². The number of anilines is 2. The molecule has 2 aromatic rings. The van der Waals surface area contributed by atoms with Gasteiger partial charge in [-0.3, -0.25) is 9.10 Å². The van der Waals surface area contributed by atoms with Gasteiger partial charge in [0.2, 0.25) is 10.0 Å². The van der Waals surface area contributed by atoms with Crippen LogP contribution in [-0.2, 0) is 14.8 Å². The van der Waals surface area contributed by atoms with Crippen LogP contribution in [0.15, 0.2) is 48.5 Å². The molecule has 0 saturated heterocycles. The fourth-order valence-corrected chi connectivity index (χ4v) is 3.74. The number of carbonyl (C=O) groups is 1. The van der Waals surface area contributed by atoms with Crippen molar-refractivity contribution in [3.8, 4) is 5.75 Å². The Morgan fingerprint density at radius 2 is 1.81 bits per heavy atom. The zero-order valence-electron chi connectivity index (χ0n) is 15.0. The van der Waals surface area contributed by atoms with Gasteiger partial charge in [0.1, 0.15) is 5.75 Å². The molecular formula is C19H22N2O4S. The Balaban J connectivity index is 1.80. The standard InChI is InChI=1S/C19H22N2O4S/c1-13(2)14-8-10-15(11-9-14)20-19(22)18-12-21(26(3,23)24)16-6-4-5-7-17(16)25-18/h4-11,13,18H,12H2,1-3H3,(H,20,22)/t18-/m1/s1. The van der Waals surface area contributed by atoms with E-state index >= 15 is 0 Å². The van der Waals surface area contributed by atoms with Gasteiger partial charge in [0.15, 0.2) is 6.10 Å². The Bertz CT molecular complexity index is 907. The van der Waals surface area contributed by atoms with E-state index in [1.54, 1.807) is 24.3 Å². The highest BCUT2D eigenvalue weighted by atomic mass is 32.2. The number of ether oxygens (including phenoxy) is 1. The zero-order chi connectivity index (χ0) is 18.9. The Hall–Kier alpha value is -2.54. The smallest absolute Gasteiger partial charge is 0.267 e. The monoisotopic (exact) mass is 374 g/mol. The van der Waals surface area contributed by atoms with E-state index in [0.29, 0.717) is 23.0 Å². The van der Waals surface area contributed by atoms with Crippen LogP contribution in [0.1, 0.15) is 25.3 Å². The molecule has 0 bridgehead atoms. The van der Waals surface area contributed by atoms with Gasteiger partial charge in [-0.15, -0.1) is 0 Å². The number of carbonyl (C=O) groups excluding carboxylic acids is 1. The molecule has 0 aromatic heterocycles. The Morgan fingerprint density at radius 3 is 2.42 bits per heavy atom. The molecule has 0 aliphatic carbocycles. The molecule has 138 valence electrons. The number of benzene rings is 2. The van der Waals surface area contributed by atoms with Crippen molar-refractivity contribution in [2.45, 2.75) is 25.9 Å². The van der Waals surface area contributed by atoms with Gasteiger partial charge in [-0.25, -0.2) is 8.42 Å². The van der Waals surface area contributed by atoms with Crippen molar-refractivity contribution >= 4 is 27.3 Å². The first-order valence-electron chi connectivity index (χ1n) is 8.40. The first-order valence-corrected chi connectivity index (χ1v) is 10.2. The molecule has 1 atom stereocenters. The average molecular weight is 374 g/mol. The van der Waals surface area contributed by atoms with Gasteiger partial charge >= 0.3 is 0 Å². The lowest BCUT2D eigenvalue weighted by atomic mass is 10.0. The van der Waals surface area contributed by atoms with Crippen molar-refractivity contribution in [1.82, 2.24) is 0 Å². The summed E-state index contributed by atoms with van der Waals surface area (Å²) in [6, 6.07) is 14.4. The summed E-state index contributed by atoms with van der Waals surface area (Å²) < 4.78 is 31.2. The molecular weight excluding hydrogens is 352 g/mol. The van der Waals surface area contributed by atoms with Crippen LogP contribution in [0, 0.1) is 0 Å². The minimum Gasteiger partial charge on any atom is -0.476 e. The zero-order valence-corrected chi connectivity index (χ0v) is 15.8. The van der Waals surface area contributed by atoms with E-state index in [-0.39, 0.29) is 12.5 Å². The number of amides is 1. The van der Waals surface area contributed by atoms with Gasteiger partial charge in [-0.05, 0) is 35.7 Å². The molecule has 0 saturated carbocycles. The van der Waals surface area contributed by atoms with E-state index in [1.807, 2.05) is 24.3 Å². The van der Waals surface area contributed by atoms with Crippen LogP contribution in [-0.4, -0.2) is 33.2 Å². The van der Waals surface area contributed by atoms with Crippen LogP contribution in [0.2, 0.25) is 0 Å². The summed E-state index contributed by atoms with van der Waals surface area (Å²) >= 11 is 0. The van der Waals surface area contributed by atoms with Crippen LogP contribution in [0.3, 0.4) is 0 Å². The van der Waals surface area contributed by atoms with Crippen LogP contribution >= 0.6 is 0 Å². The van der Waals surface area contributed by atoms with Gasteiger partial charge in [-0.1, -0.05) is 38.1 Å². The van der Waals surface area contributed by atoms with Gasteiger partial charge in [0, 0.05) is 5.69 Å². The molecule has 0 radical (unpaired) electrons. The number of nitrogens with zero attached hydrogens (tertiary/aromatic N) is 1. The van der Waals surface area contributed by atoms with Crippen molar-refractivity contribution in [3.63, 3.8) is 0 Å². The topological polar surface area (TPSA) is 75.7 Å². The Labute approximate surface area is 153 Å². The maximum atomic E-state index is 12.6. The highest BCUT2D eigenvalue weighted by Crippen LogP contribution is 2.34. The van der Waals surface area contributed by atoms with E-state index in [2.05, 4.69) is 19.2 Å². The highest BCUT2D eigenvalue weighted by molar-refractivity contribution is 7.92. The minimum atomic E-state index is -3.52. The number of hydrogen-bond acceptors (Lipinski definition) is 4. The largest absolute Gasteiger partial charge is 0.476 e. The second kappa shape index (κ2) is 6.99. The molecule has 3 rings (SSSR count). The van der Waals surface area contributed by atoms with E-state index in [0.717, 1.165) is 6.26 Å². The second-order valence-corrected chi connectivity index (χ2v) is 8.54. The summed E-state index contributed by atoms with van der Waals surface area (Å²) in [5, 5.41) is 2.80. The molecule has 0 spiro atoms. The summed E-state index contributed by atoms with van der Waals surface area (Å²) in [4.78, 5) is 12.6. The molecule has 0 unspecified atom stereocenters. The highest BCUT2D eigenvalue weighted by Gasteiger charge is 2.34. The molecule has 1 aliphatic rings. The fraction of sp³-hybridized carbons (Fsp3) is 0.316. The third-order valence-corrected chi connectivity index (χ3v) is 5.42. The lowest BCUT2D eigenvalue weighted by molar-refractivity contribution is -0.122. The average Bonchev–Trinajstić information content (AvgIpc) is 2.60. The Kier molecular flexibility index (Phi) is 4.91. The van der Waals surface area contributed by atoms with Crippen LogP contribution in [0.25, 0.3) is 0 Å². The quantitative estimate of drug-likeness (QED) is 0.893. The fourth-order valence-electron chi connectivity index (χ4n) is 2.83. The number of rotatable bonds is 4. The minimum absolute atomic E-state index is 0.0637. The number of fused-ring (bicyclic) bond motifs is 1. The summed E-state index contributed by atoms with van der Waals surface area (Å²) in [7, 11) is -3.52. The summed E-state index contributed by atoms with van der Waals surface area (Å²) in [6.45, 7) is 4.13. The van der Waals surface area contributed by atoms with E-state index in [9.17, 15) is 13.2 Å². The normalized spacial score (nSPS) is 16.8. The number of nitrogens with one attached hydrogen (secondary N) is 1. The molecule has 6 nitrogen and oxygen atoms in total. The number of sulfonamides is 1. The number of hydrogen-bond donors (Lipinski definition) is 1. The van der Waals surface area contributed by atoms with Crippen molar-refractivity contribution in [3.05, 3.63) is 54.1 Å². The van der Waals surface area contributed by atoms with E-state index in [4.69, 9.17) is 4.74 Å². The van der Waals surface area contributed by atoms with Crippen molar-refractivity contribution in [1.29, 1.82) is 0 Å². The van der Waals surface area contributed by atoms with Crippen molar-refractivity contribution < 1.29 is 17.9 Å². The lowest BCUT2D eigenvalue weighted by Gasteiger charge is -2.33. The summed E-state index contributed by atoms with van der Waals surface area (Å²) in [5.41, 5.74) is 2.27. The van der Waals surface area contributed by atoms with Gasteiger partial charge in [-0.2, -0.15) is 0 Å². The van der Waals surface area contributed by atoms with Crippen LogP contribution in [0.5, 0.6) is 5.75 Å². The van der Waals surface area contributed by atoms with Gasteiger partial charge < -0.3 is 10.1 Å². The molecule has 7 heteroatoms. The van der Waals surface area contributed by atoms with Crippen molar-refractivity contribution in [2.24, 2.45) is 0 Å². The maximum Gasteiger partial charge on any atom is 0.267 e. The van der Waals surface area contributed by atoms with E-state index < -0.39 is 16.1 Å². The van der Waals surface area contributed by atoms with Gasteiger partial charge in [0.05, 0.1) is 18.5 Å². The Morgan fingerprint density at radius 1 is 1.15 bits per heavy atom. The molecule has 26 heavy (non-hydrogen) atoms. The molecule has 1 heterocycles. The SMILES string of the molecule is CC(C)c1ccc(NC(=O)[C@H]2CN(S(C)(=O)=O)c3ccccc3O2)cc1. The molecule has 0 fully saturated rings. The van der Waals surface area contributed by atoms with Crippen LogP contribution < -0.4 is 14.4 Å². The first-order chi connectivity index (χ1) is 12.3. The van der Waals surface area contributed by atoms with E-state index in [1.165, 1.54) is 9.87 Å². The van der Waals surface area contributed by atoms with Gasteiger partial charge in [0.25, 0.3) is 5.91 Å². The number of para-hydroxylation sites is 2. The lowest BCUT2D eigenvalue weighted by Crippen LogP contribution is -2.48. The second-order valence-electron chi connectivity index (χ2n) is 6.63. The predicted octanol–water partition coefficient (Wildman–Crippen LogP) is 2.98. The third-order valence-electron chi connectivity index (χ3n) is 4.27. The first kappa shape index (κ1) is 18.3. The molecule has 2 aromatic carbocycles. The predicted molar refractivity (Wildman–Crippen MR) is 102 cm³/mol. The molecule has 1 aliphatic heterocycles. The molecule has 1 N–H and O–H groups in total. The molecule has 1 amide bonds. The maximum absolute atomic E-state index is 12.6. The summed E-state index contributed by atoms with van der Waals surface area (Å²) in [6.07, 6.45) is 0.193. The van der Waals surface area contributed by atoms with Crippen molar-refractivity contribution in [2.75, 3.05) is 22.4 Å².